The minimum Gasteiger partial charge on any atom is -0.456 e. The molecule has 0 spiro atoms. The first kappa shape index (κ1) is 67.8. The zero-order chi connectivity index (χ0) is 74.9. The first-order valence-electron chi connectivity index (χ1n) is 37.9. The molecule has 0 aliphatic heterocycles. The fraction of sp³-hybridized carbons (Fsp3) is 0.0190. The molecule has 3 heterocycles. The number of rotatable bonds is 17. The summed E-state index contributed by atoms with van der Waals surface area (Å²) in [6.45, 7) is 6.72. The van der Waals surface area contributed by atoms with E-state index in [0.29, 0.717) is 40.2 Å². The van der Waals surface area contributed by atoms with Gasteiger partial charge in [-0.25, -0.2) is 24.9 Å². The maximum atomic E-state index is 7.08. The van der Waals surface area contributed by atoms with Gasteiger partial charge in [-0.1, -0.05) is 335 Å². The first-order valence-corrected chi connectivity index (χ1v) is 37.9. The molecule has 0 aliphatic carbocycles. The summed E-state index contributed by atoms with van der Waals surface area (Å²) in [6, 6.07) is 136. The van der Waals surface area contributed by atoms with E-state index in [1.165, 1.54) is 11.1 Å². The molecule has 0 atom stereocenters. The Morgan fingerprint density at radius 2 is 0.661 bits per heavy atom. The average Bonchev–Trinajstić information content (AvgIpc) is 1.54. The number of aliphatic imine (C=N–C) groups is 2. The molecule has 0 saturated heterocycles. The van der Waals surface area contributed by atoms with Gasteiger partial charge in [-0.2, -0.15) is 0 Å². The topological polar surface area (TPSA) is 89.7 Å². The molecule has 0 saturated carbocycles. The molecule has 0 radical (unpaired) electrons. The van der Waals surface area contributed by atoms with Crippen LogP contribution in [0.3, 0.4) is 0 Å². The van der Waals surface area contributed by atoms with E-state index in [-0.39, 0.29) is 0 Å². The normalized spacial score (nSPS) is 11.8. The highest BCUT2D eigenvalue weighted by molar-refractivity contribution is 6.16. The summed E-state index contributed by atoms with van der Waals surface area (Å²) in [6.07, 6.45) is 0.748. The lowest BCUT2D eigenvalue weighted by atomic mass is 9.91. The van der Waals surface area contributed by atoms with Gasteiger partial charge in [-0.3, -0.25) is 0 Å². The summed E-state index contributed by atoms with van der Waals surface area (Å²) in [5.74, 6) is 2.14. The van der Waals surface area contributed by atoms with Crippen LogP contribution in [0.1, 0.15) is 30.0 Å². The van der Waals surface area contributed by atoms with E-state index in [0.717, 1.165) is 167 Å². The van der Waals surface area contributed by atoms with Crippen LogP contribution >= 0.6 is 0 Å². The van der Waals surface area contributed by atoms with Gasteiger partial charge in [-0.15, -0.1) is 0 Å². The maximum absolute atomic E-state index is 7.08. The van der Waals surface area contributed by atoms with E-state index in [1.807, 2.05) is 97.1 Å². The first-order chi connectivity index (χ1) is 55.3. The van der Waals surface area contributed by atoms with Crippen molar-refractivity contribution in [2.75, 3.05) is 0 Å². The molecule has 0 aliphatic rings. The van der Waals surface area contributed by atoms with Crippen molar-refractivity contribution in [2.24, 2.45) is 9.98 Å². The predicted octanol–water partition coefficient (Wildman–Crippen LogP) is 28.0. The summed E-state index contributed by atoms with van der Waals surface area (Å²) in [5.41, 5.74) is 29.5. The molecule has 528 valence electrons. The van der Waals surface area contributed by atoms with Gasteiger partial charge in [0.1, 0.15) is 22.3 Å². The third-order valence-corrected chi connectivity index (χ3v) is 21.2. The number of hydrogen-bond acceptors (Lipinski definition) is 6. The zero-order valence-corrected chi connectivity index (χ0v) is 61.4. The van der Waals surface area contributed by atoms with Crippen molar-refractivity contribution in [3.05, 3.63) is 412 Å². The van der Waals surface area contributed by atoms with E-state index >= 15 is 0 Å². The standard InChI is InChI=1S/C105H71N5O2/c1-3-96(77-30-13-6-14-31-77)107-102(78-32-15-7-16-33-78)106-68(2)89-40-19-20-41-90(89)84-39-24-36-80(61-84)74-54-56-76(57-55-74)86-62-85(70-28-11-5-12-29-70)63-87(64-86)81-37-23-38-82(60-81)88-66-95(105-109-103(79-34-17-8-18-35-79)108-104(110-105)93-44-25-43-92-91-42-21-22-45-97(91)112-101(92)93)100-94-65-83(58-59-98(94)111-99(100)67-88)75-52-50-73(51-53-75)72-48-46-71(47-49-72)69-26-9-4-10-27-69/h4-67H,2-3H2,1H3. The van der Waals surface area contributed by atoms with Crippen molar-refractivity contribution in [2.45, 2.75) is 13.3 Å². The van der Waals surface area contributed by atoms with Crippen LogP contribution in [0.4, 0.5) is 0 Å². The minimum atomic E-state index is 0.492. The van der Waals surface area contributed by atoms with E-state index in [9.17, 15) is 0 Å². The monoisotopic (exact) mass is 1430 g/mol. The summed E-state index contributed by atoms with van der Waals surface area (Å²) in [5, 5.41) is 3.85. The van der Waals surface area contributed by atoms with Crippen molar-refractivity contribution < 1.29 is 8.83 Å². The Hall–Kier alpha value is -14.8. The lowest BCUT2D eigenvalue weighted by Crippen LogP contribution is -2.06. The molecule has 19 aromatic rings. The van der Waals surface area contributed by atoms with E-state index in [2.05, 4.69) is 305 Å². The summed E-state index contributed by atoms with van der Waals surface area (Å²) >= 11 is 0. The van der Waals surface area contributed by atoms with Crippen molar-refractivity contribution >= 4 is 61.1 Å². The number of furan rings is 2. The Labute approximate surface area is 649 Å². The second-order valence-corrected chi connectivity index (χ2v) is 28.2. The molecule has 0 fully saturated rings. The number of fused-ring (bicyclic) bond motifs is 6. The average molecular weight is 1430 g/mol. The highest BCUT2D eigenvalue weighted by atomic mass is 16.3. The van der Waals surface area contributed by atoms with Crippen molar-refractivity contribution in [1.29, 1.82) is 0 Å². The number of aromatic nitrogens is 3. The van der Waals surface area contributed by atoms with Gasteiger partial charge < -0.3 is 8.83 Å². The fourth-order valence-electron chi connectivity index (χ4n) is 15.4. The third-order valence-electron chi connectivity index (χ3n) is 21.2. The second-order valence-electron chi connectivity index (χ2n) is 28.2. The Morgan fingerprint density at radius 3 is 1.28 bits per heavy atom. The lowest BCUT2D eigenvalue weighted by Gasteiger charge is -2.14. The molecule has 7 heteroatoms. The number of para-hydroxylation sites is 2. The van der Waals surface area contributed by atoms with E-state index in [1.54, 1.807) is 0 Å². The van der Waals surface area contributed by atoms with Gasteiger partial charge in [-0.05, 0) is 179 Å². The Morgan fingerprint density at radius 1 is 0.268 bits per heavy atom. The van der Waals surface area contributed by atoms with Crippen LogP contribution < -0.4 is 0 Å². The lowest BCUT2D eigenvalue weighted by molar-refractivity contribution is 0.669. The second kappa shape index (κ2) is 29.8. The smallest absolute Gasteiger partial charge is 0.167 e. The highest BCUT2D eigenvalue weighted by Gasteiger charge is 2.24. The fourth-order valence-corrected chi connectivity index (χ4v) is 15.4. The molecule has 0 unspecified atom stereocenters. The third kappa shape index (κ3) is 13.5. The summed E-state index contributed by atoms with van der Waals surface area (Å²) in [4.78, 5) is 26.7. The van der Waals surface area contributed by atoms with Crippen LogP contribution in [0.15, 0.2) is 414 Å². The van der Waals surface area contributed by atoms with Gasteiger partial charge in [0.2, 0.25) is 0 Å². The largest absolute Gasteiger partial charge is 0.456 e. The van der Waals surface area contributed by atoms with Crippen molar-refractivity contribution in [1.82, 2.24) is 15.0 Å². The van der Waals surface area contributed by atoms with Gasteiger partial charge in [0.25, 0.3) is 0 Å². The quantitative estimate of drug-likeness (QED) is 0.0669. The van der Waals surface area contributed by atoms with Crippen LogP contribution in [0.5, 0.6) is 0 Å². The van der Waals surface area contributed by atoms with Gasteiger partial charge in [0.15, 0.2) is 23.3 Å². The highest BCUT2D eigenvalue weighted by Crippen LogP contribution is 2.45. The van der Waals surface area contributed by atoms with Crippen LogP contribution in [0.25, 0.3) is 184 Å². The molecule has 112 heavy (non-hydrogen) atoms. The van der Waals surface area contributed by atoms with Gasteiger partial charge >= 0.3 is 0 Å². The van der Waals surface area contributed by atoms with Crippen LogP contribution in [-0.2, 0) is 0 Å². The molecular weight excluding hydrogens is 1360 g/mol. The van der Waals surface area contributed by atoms with E-state index < -0.39 is 0 Å². The summed E-state index contributed by atoms with van der Waals surface area (Å²) < 4.78 is 13.8. The minimum absolute atomic E-state index is 0.492. The predicted molar refractivity (Wildman–Crippen MR) is 465 cm³/mol. The Bertz CT molecular complexity index is 6810. The van der Waals surface area contributed by atoms with Gasteiger partial charge in [0.05, 0.1) is 11.3 Å². The van der Waals surface area contributed by atoms with Crippen molar-refractivity contribution in [3.8, 4) is 134 Å². The Kier molecular flexibility index (Phi) is 18.0. The molecule has 0 amide bonds. The van der Waals surface area contributed by atoms with Gasteiger partial charge in [0, 0.05) is 49.5 Å². The van der Waals surface area contributed by atoms with Crippen LogP contribution in [0.2, 0.25) is 0 Å². The number of amidine groups is 1. The number of hydrogen-bond donors (Lipinski definition) is 0. The van der Waals surface area contributed by atoms with Crippen molar-refractivity contribution in [3.63, 3.8) is 0 Å². The van der Waals surface area contributed by atoms with E-state index in [4.69, 9.17) is 33.8 Å². The number of nitrogens with zero attached hydrogens (tertiary/aromatic N) is 5. The molecule has 19 rings (SSSR count). The SMILES string of the molecule is C=C(N=C(N=C(CC)c1ccccc1)c1ccccc1)c1ccccc1-c1cccc(-c2ccc(-c3cc(-c4ccccc4)cc(-c4cccc(-c5cc(-c6nc(-c7ccccc7)nc(-c7cccc8c7oc7ccccc78)n6)c6c(c5)oc5ccc(-c7ccc(-c8ccc(-c9ccccc9)cc8)cc7)cc56)c4)c3)cc2)c1. The molecule has 7 nitrogen and oxygen atoms in total. The summed E-state index contributed by atoms with van der Waals surface area (Å²) in [7, 11) is 0. The molecular formula is C105H71N5O2. The van der Waals surface area contributed by atoms with Crippen LogP contribution in [0, 0.1) is 0 Å². The number of benzene rings is 16. The zero-order valence-electron chi connectivity index (χ0n) is 61.4. The van der Waals surface area contributed by atoms with Crippen LogP contribution in [-0.4, -0.2) is 26.5 Å². The maximum Gasteiger partial charge on any atom is 0.167 e. The Balaban J connectivity index is 0.693. The molecule has 0 N–H and O–H groups in total. The molecule has 16 aromatic carbocycles. The molecule has 3 aromatic heterocycles. The molecule has 0 bridgehead atoms.